The first-order valence-corrected chi connectivity index (χ1v) is 7.46. The second-order valence-corrected chi connectivity index (χ2v) is 5.70. The summed E-state index contributed by atoms with van der Waals surface area (Å²) >= 11 is 0. The van der Waals surface area contributed by atoms with E-state index in [1.165, 1.54) is 32.1 Å². The highest BCUT2D eigenvalue weighted by Crippen LogP contribution is 2.25. The van der Waals surface area contributed by atoms with E-state index in [0.717, 1.165) is 38.3 Å². The third-order valence-electron chi connectivity index (χ3n) is 4.40. The molecule has 18 heavy (non-hydrogen) atoms. The van der Waals surface area contributed by atoms with Gasteiger partial charge in [0.2, 0.25) is 0 Å². The summed E-state index contributed by atoms with van der Waals surface area (Å²) in [5.41, 5.74) is 0. The van der Waals surface area contributed by atoms with Gasteiger partial charge in [0.15, 0.2) is 0 Å². The molecule has 2 aliphatic rings. The van der Waals surface area contributed by atoms with Gasteiger partial charge in [0, 0.05) is 13.1 Å². The number of urea groups is 1. The summed E-state index contributed by atoms with van der Waals surface area (Å²) in [4.78, 5) is 13.8. The van der Waals surface area contributed by atoms with Crippen molar-refractivity contribution < 1.29 is 9.90 Å². The molecule has 0 aromatic carbocycles. The highest BCUT2D eigenvalue weighted by molar-refractivity contribution is 5.74. The molecule has 2 amide bonds. The highest BCUT2D eigenvalue weighted by Gasteiger charge is 2.27. The number of hydrogen-bond acceptors (Lipinski definition) is 2. The molecule has 1 saturated carbocycles. The first kappa shape index (κ1) is 13.7. The molecule has 0 spiro atoms. The van der Waals surface area contributed by atoms with Crippen LogP contribution in [0.25, 0.3) is 0 Å². The van der Waals surface area contributed by atoms with E-state index in [2.05, 4.69) is 5.32 Å². The molecule has 1 atom stereocenters. The topological polar surface area (TPSA) is 52.6 Å². The molecule has 0 aromatic heterocycles. The summed E-state index contributed by atoms with van der Waals surface area (Å²) in [5, 5.41) is 12.2. The largest absolute Gasteiger partial charge is 0.394 e. The zero-order valence-electron chi connectivity index (χ0n) is 11.2. The number of hydrogen-bond donors (Lipinski definition) is 2. The Morgan fingerprint density at radius 3 is 2.67 bits per heavy atom. The van der Waals surface area contributed by atoms with Gasteiger partial charge in [-0.3, -0.25) is 0 Å². The standard InChI is InChI=1S/C14H26N2O2/c17-11-13-7-4-10-16(13)14(18)15-9-8-12-5-2-1-3-6-12/h12-13,17H,1-11H2,(H,15,18). The number of nitrogens with zero attached hydrogens (tertiary/aromatic N) is 1. The third-order valence-corrected chi connectivity index (χ3v) is 4.40. The minimum atomic E-state index is 0.0161. The summed E-state index contributed by atoms with van der Waals surface area (Å²) in [5.74, 6) is 0.811. The van der Waals surface area contributed by atoms with E-state index < -0.39 is 0 Å². The van der Waals surface area contributed by atoms with E-state index in [1.54, 1.807) is 4.90 Å². The van der Waals surface area contributed by atoms with Gasteiger partial charge < -0.3 is 15.3 Å². The molecule has 2 N–H and O–H groups in total. The molecule has 1 saturated heterocycles. The number of carbonyl (C=O) groups is 1. The Balaban J connectivity index is 1.64. The first-order chi connectivity index (χ1) is 8.81. The van der Waals surface area contributed by atoms with Crippen LogP contribution >= 0.6 is 0 Å². The van der Waals surface area contributed by atoms with Crippen molar-refractivity contribution in [3.8, 4) is 0 Å². The van der Waals surface area contributed by atoms with Crippen molar-refractivity contribution in [2.24, 2.45) is 5.92 Å². The Hall–Kier alpha value is -0.770. The zero-order valence-corrected chi connectivity index (χ0v) is 11.2. The van der Waals surface area contributed by atoms with E-state index in [-0.39, 0.29) is 18.7 Å². The van der Waals surface area contributed by atoms with Crippen LogP contribution in [0, 0.1) is 5.92 Å². The SMILES string of the molecule is O=C(NCCC1CCCCC1)N1CCCC1CO. The molecule has 4 nitrogen and oxygen atoms in total. The summed E-state index contributed by atoms with van der Waals surface area (Å²) in [7, 11) is 0. The minimum absolute atomic E-state index is 0.0161. The maximum Gasteiger partial charge on any atom is 0.317 e. The molecule has 2 rings (SSSR count). The normalized spacial score (nSPS) is 25.4. The van der Waals surface area contributed by atoms with Crippen LogP contribution in [0.3, 0.4) is 0 Å². The van der Waals surface area contributed by atoms with Crippen molar-refractivity contribution in [2.45, 2.75) is 57.4 Å². The lowest BCUT2D eigenvalue weighted by Gasteiger charge is -2.25. The third kappa shape index (κ3) is 3.61. The number of aliphatic hydroxyl groups is 1. The molecular formula is C14H26N2O2. The van der Waals surface area contributed by atoms with Crippen molar-refractivity contribution in [1.29, 1.82) is 0 Å². The molecule has 0 radical (unpaired) electrons. The van der Waals surface area contributed by atoms with Gasteiger partial charge in [-0.25, -0.2) is 4.79 Å². The maximum absolute atomic E-state index is 12.0. The molecule has 1 aliphatic carbocycles. The van der Waals surface area contributed by atoms with Gasteiger partial charge in [0.25, 0.3) is 0 Å². The van der Waals surface area contributed by atoms with Gasteiger partial charge in [-0.1, -0.05) is 32.1 Å². The van der Waals surface area contributed by atoms with E-state index in [4.69, 9.17) is 0 Å². The van der Waals surface area contributed by atoms with Crippen LogP contribution in [-0.4, -0.2) is 41.8 Å². The Morgan fingerprint density at radius 2 is 1.94 bits per heavy atom. The van der Waals surface area contributed by atoms with Gasteiger partial charge >= 0.3 is 6.03 Å². The van der Waals surface area contributed by atoms with Crippen molar-refractivity contribution in [3.63, 3.8) is 0 Å². The molecule has 1 unspecified atom stereocenters. The van der Waals surface area contributed by atoms with Crippen LogP contribution in [0.15, 0.2) is 0 Å². The lowest BCUT2D eigenvalue weighted by molar-refractivity contribution is 0.156. The van der Waals surface area contributed by atoms with Crippen LogP contribution in [0.4, 0.5) is 4.79 Å². The number of nitrogens with one attached hydrogen (secondary N) is 1. The van der Waals surface area contributed by atoms with E-state index >= 15 is 0 Å². The molecular weight excluding hydrogens is 228 g/mol. The predicted octanol–water partition coefficient (Wildman–Crippen LogP) is 2.12. The van der Waals surface area contributed by atoms with Crippen LogP contribution in [0.5, 0.6) is 0 Å². The molecule has 0 aromatic rings. The van der Waals surface area contributed by atoms with Gasteiger partial charge in [0.05, 0.1) is 12.6 Å². The fourth-order valence-corrected chi connectivity index (χ4v) is 3.25. The molecule has 104 valence electrons. The predicted molar refractivity (Wildman–Crippen MR) is 71.4 cm³/mol. The van der Waals surface area contributed by atoms with E-state index in [9.17, 15) is 9.90 Å². The van der Waals surface area contributed by atoms with Crippen molar-refractivity contribution in [2.75, 3.05) is 19.7 Å². The Kier molecular flexibility index (Phi) is 5.29. The zero-order chi connectivity index (χ0) is 12.8. The van der Waals surface area contributed by atoms with Crippen LogP contribution in [-0.2, 0) is 0 Å². The summed E-state index contributed by atoms with van der Waals surface area (Å²) < 4.78 is 0. The fourth-order valence-electron chi connectivity index (χ4n) is 3.25. The second kappa shape index (κ2) is 6.98. The quantitative estimate of drug-likeness (QED) is 0.807. The monoisotopic (exact) mass is 254 g/mol. The Morgan fingerprint density at radius 1 is 1.17 bits per heavy atom. The number of rotatable bonds is 4. The highest BCUT2D eigenvalue weighted by atomic mass is 16.3. The number of amides is 2. The lowest BCUT2D eigenvalue weighted by atomic mass is 9.87. The minimum Gasteiger partial charge on any atom is -0.394 e. The molecule has 4 heteroatoms. The fraction of sp³-hybridized carbons (Fsp3) is 0.929. The van der Waals surface area contributed by atoms with Crippen molar-refractivity contribution in [1.82, 2.24) is 10.2 Å². The summed E-state index contributed by atoms with van der Waals surface area (Å²) in [6, 6.07) is 0.0574. The van der Waals surface area contributed by atoms with E-state index in [1.807, 2.05) is 0 Å². The average Bonchev–Trinajstić information content (AvgIpc) is 2.88. The van der Waals surface area contributed by atoms with Crippen molar-refractivity contribution in [3.05, 3.63) is 0 Å². The first-order valence-electron chi connectivity index (χ1n) is 7.46. The number of carbonyl (C=O) groups excluding carboxylic acids is 1. The van der Waals surface area contributed by atoms with Crippen molar-refractivity contribution >= 4 is 6.03 Å². The van der Waals surface area contributed by atoms with Gasteiger partial charge in [-0.15, -0.1) is 0 Å². The number of likely N-dealkylation sites (tertiary alicyclic amines) is 1. The van der Waals surface area contributed by atoms with Gasteiger partial charge in [-0.2, -0.15) is 0 Å². The molecule has 2 fully saturated rings. The molecule has 1 heterocycles. The van der Waals surface area contributed by atoms with E-state index in [0.29, 0.717) is 0 Å². The molecule has 1 aliphatic heterocycles. The Bertz CT molecular complexity index is 265. The summed E-state index contributed by atoms with van der Waals surface area (Å²) in [6.45, 7) is 1.68. The smallest absolute Gasteiger partial charge is 0.317 e. The van der Waals surface area contributed by atoms with Gasteiger partial charge in [-0.05, 0) is 25.2 Å². The second-order valence-electron chi connectivity index (χ2n) is 5.70. The van der Waals surface area contributed by atoms with Gasteiger partial charge in [0.1, 0.15) is 0 Å². The molecule has 0 bridgehead atoms. The number of aliphatic hydroxyl groups excluding tert-OH is 1. The van der Waals surface area contributed by atoms with Crippen LogP contribution < -0.4 is 5.32 Å². The van der Waals surface area contributed by atoms with Crippen LogP contribution in [0.2, 0.25) is 0 Å². The average molecular weight is 254 g/mol. The van der Waals surface area contributed by atoms with Crippen LogP contribution in [0.1, 0.15) is 51.4 Å². The maximum atomic E-state index is 12.0. The summed E-state index contributed by atoms with van der Waals surface area (Å²) in [6.07, 6.45) is 9.83. The Labute approximate surface area is 110 Å². The lowest BCUT2D eigenvalue weighted by Crippen LogP contribution is -2.44.